The third kappa shape index (κ3) is 4.41. The molecule has 1 fully saturated rings. The molecule has 5 nitrogen and oxygen atoms in total. The molecular formula is C17H24N2O3S. The fourth-order valence-corrected chi connectivity index (χ4v) is 3.71. The number of aliphatic hydroxyl groups excluding tert-OH is 1. The lowest BCUT2D eigenvalue weighted by Gasteiger charge is -2.23. The first-order valence-corrected chi connectivity index (χ1v) is 8.89. The lowest BCUT2D eigenvalue weighted by molar-refractivity contribution is -0.0147. The Morgan fingerprint density at radius 3 is 3.17 bits per heavy atom. The SMILES string of the molecule is Cc1nc2ccc(N(C)CC(O)COCC3CCCO3)cc2s1. The van der Waals surface area contributed by atoms with Crippen molar-refractivity contribution in [1.82, 2.24) is 4.98 Å². The number of likely N-dealkylation sites (N-methyl/N-ethyl adjacent to an activating group) is 1. The molecule has 1 N–H and O–H groups in total. The fourth-order valence-electron chi connectivity index (χ4n) is 2.85. The normalized spacial score (nSPS) is 19.3. The van der Waals surface area contributed by atoms with Crippen molar-refractivity contribution in [2.24, 2.45) is 0 Å². The number of benzene rings is 1. The predicted molar refractivity (Wildman–Crippen MR) is 93.4 cm³/mol. The molecule has 0 bridgehead atoms. The van der Waals surface area contributed by atoms with E-state index in [1.807, 2.05) is 26.1 Å². The summed E-state index contributed by atoms with van der Waals surface area (Å²) in [6.07, 6.45) is 1.86. The average Bonchev–Trinajstić information content (AvgIpc) is 3.14. The molecule has 0 spiro atoms. The predicted octanol–water partition coefficient (Wildman–Crippen LogP) is 2.60. The lowest BCUT2D eigenvalue weighted by atomic mass is 10.2. The summed E-state index contributed by atoms with van der Waals surface area (Å²) < 4.78 is 12.3. The van der Waals surface area contributed by atoms with Crippen LogP contribution in [0.5, 0.6) is 0 Å². The second-order valence-electron chi connectivity index (χ2n) is 6.09. The highest BCUT2D eigenvalue weighted by molar-refractivity contribution is 7.18. The van der Waals surface area contributed by atoms with E-state index in [1.165, 1.54) is 4.70 Å². The number of fused-ring (bicyclic) bond motifs is 1. The van der Waals surface area contributed by atoms with Crippen LogP contribution in [0.4, 0.5) is 5.69 Å². The molecule has 2 unspecified atom stereocenters. The Morgan fingerprint density at radius 1 is 1.52 bits per heavy atom. The number of rotatable bonds is 7. The monoisotopic (exact) mass is 336 g/mol. The molecule has 2 heterocycles. The summed E-state index contributed by atoms with van der Waals surface area (Å²) in [6.45, 7) is 4.30. The molecule has 0 amide bonds. The zero-order chi connectivity index (χ0) is 16.2. The van der Waals surface area contributed by atoms with Crippen LogP contribution in [0.2, 0.25) is 0 Å². The van der Waals surface area contributed by atoms with Gasteiger partial charge in [-0.25, -0.2) is 4.98 Å². The minimum atomic E-state index is -0.514. The second-order valence-corrected chi connectivity index (χ2v) is 7.33. The van der Waals surface area contributed by atoms with Gasteiger partial charge in [-0.2, -0.15) is 0 Å². The summed E-state index contributed by atoms with van der Waals surface area (Å²) in [7, 11) is 1.98. The van der Waals surface area contributed by atoms with Gasteiger partial charge in [0, 0.05) is 25.9 Å². The first-order chi connectivity index (χ1) is 11.1. The van der Waals surface area contributed by atoms with Crippen LogP contribution in [0.15, 0.2) is 18.2 Å². The van der Waals surface area contributed by atoms with Crippen molar-refractivity contribution in [3.05, 3.63) is 23.2 Å². The molecule has 0 aliphatic carbocycles. The average molecular weight is 336 g/mol. The molecule has 1 saturated heterocycles. The van der Waals surface area contributed by atoms with E-state index in [-0.39, 0.29) is 6.10 Å². The number of hydrogen-bond donors (Lipinski definition) is 1. The van der Waals surface area contributed by atoms with E-state index < -0.39 is 6.10 Å². The number of ether oxygens (including phenoxy) is 2. The zero-order valence-corrected chi connectivity index (χ0v) is 14.5. The standard InChI is InChI=1S/C17H24N2O3S/c1-12-18-16-6-5-13(8-17(16)23-12)19(2)9-14(20)10-21-11-15-4-3-7-22-15/h5-6,8,14-15,20H,3-4,7,9-11H2,1-2H3. The molecule has 6 heteroatoms. The van der Waals surface area contributed by atoms with Crippen molar-refractivity contribution < 1.29 is 14.6 Å². The summed E-state index contributed by atoms with van der Waals surface area (Å²) >= 11 is 1.69. The van der Waals surface area contributed by atoms with Crippen LogP contribution in [0.1, 0.15) is 17.8 Å². The fraction of sp³-hybridized carbons (Fsp3) is 0.588. The van der Waals surface area contributed by atoms with E-state index in [4.69, 9.17) is 9.47 Å². The van der Waals surface area contributed by atoms with Gasteiger partial charge in [0.15, 0.2) is 0 Å². The van der Waals surface area contributed by atoms with Crippen LogP contribution in [0.3, 0.4) is 0 Å². The quantitative estimate of drug-likeness (QED) is 0.842. The van der Waals surface area contributed by atoms with Crippen molar-refractivity contribution in [2.45, 2.75) is 32.0 Å². The summed E-state index contributed by atoms with van der Waals surface area (Å²) in [5.41, 5.74) is 2.12. The van der Waals surface area contributed by atoms with Crippen LogP contribution >= 0.6 is 11.3 Å². The topological polar surface area (TPSA) is 54.8 Å². The van der Waals surface area contributed by atoms with Gasteiger partial charge in [-0.15, -0.1) is 11.3 Å². The van der Waals surface area contributed by atoms with Gasteiger partial charge in [0.05, 0.1) is 40.6 Å². The zero-order valence-electron chi connectivity index (χ0n) is 13.7. The molecule has 2 aromatic rings. The van der Waals surface area contributed by atoms with E-state index in [0.717, 1.165) is 35.7 Å². The maximum absolute atomic E-state index is 10.2. The molecule has 0 radical (unpaired) electrons. The summed E-state index contributed by atoms with van der Waals surface area (Å²) in [4.78, 5) is 6.52. The number of anilines is 1. The summed E-state index contributed by atoms with van der Waals surface area (Å²) in [5.74, 6) is 0. The molecule has 23 heavy (non-hydrogen) atoms. The Morgan fingerprint density at radius 2 is 2.39 bits per heavy atom. The Hall–Kier alpha value is -1.21. The van der Waals surface area contributed by atoms with Crippen LogP contribution in [0, 0.1) is 6.92 Å². The van der Waals surface area contributed by atoms with Gasteiger partial charge in [0.25, 0.3) is 0 Å². The van der Waals surface area contributed by atoms with Crippen molar-refractivity contribution in [2.75, 3.05) is 38.3 Å². The van der Waals surface area contributed by atoms with Gasteiger partial charge in [-0.05, 0) is 38.0 Å². The highest BCUT2D eigenvalue weighted by Gasteiger charge is 2.17. The molecule has 1 aromatic carbocycles. The highest BCUT2D eigenvalue weighted by atomic mass is 32.1. The smallest absolute Gasteiger partial charge is 0.0947 e. The van der Waals surface area contributed by atoms with Gasteiger partial charge < -0.3 is 19.5 Å². The van der Waals surface area contributed by atoms with E-state index >= 15 is 0 Å². The Bertz CT molecular complexity index is 640. The Labute approximate surface area is 140 Å². The molecule has 126 valence electrons. The number of aromatic nitrogens is 1. The Kier molecular flexibility index (Phi) is 5.48. The van der Waals surface area contributed by atoms with Gasteiger partial charge in [0.1, 0.15) is 0 Å². The minimum Gasteiger partial charge on any atom is -0.389 e. The molecule has 0 saturated carbocycles. The third-order valence-electron chi connectivity index (χ3n) is 4.04. The Balaban J connectivity index is 1.49. The highest BCUT2D eigenvalue weighted by Crippen LogP contribution is 2.26. The molecular weight excluding hydrogens is 312 g/mol. The molecule has 1 aliphatic heterocycles. The van der Waals surface area contributed by atoms with E-state index in [2.05, 4.69) is 16.0 Å². The molecule has 3 rings (SSSR count). The van der Waals surface area contributed by atoms with Crippen molar-refractivity contribution in [3.8, 4) is 0 Å². The van der Waals surface area contributed by atoms with Crippen LogP contribution in [-0.4, -0.2) is 55.7 Å². The minimum absolute atomic E-state index is 0.205. The maximum atomic E-state index is 10.2. The van der Waals surface area contributed by atoms with E-state index in [1.54, 1.807) is 11.3 Å². The van der Waals surface area contributed by atoms with E-state index in [0.29, 0.717) is 19.8 Å². The van der Waals surface area contributed by atoms with Gasteiger partial charge in [-0.3, -0.25) is 0 Å². The number of nitrogens with zero attached hydrogens (tertiary/aromatic N) is 2. The maximum Gasteiger partial charge on any atom is 0.0947 e. The number of aryl methyl sites for hydroxylation is 1. The van der Waals surface area contributed by atoms with Crippen LogP contribution in [0.25, 0.3) is 10.2 Å². The molecule has 2 atom stereocenters. The number of hydrogen-bond acceptors (Lipinski definition) is 6. The lowest BCUT2D eigenvalue weighted by Crippen LogP contribution is -2.33. The first-order valence-electron chi connectivity index (χ1n) is 8.07. The van der Waals surface area contributed by atoms with Crippen molar-refractivity contribution in [3.63, 3.8) is 0 Å². The summed E-state index contributed by atoms with van der Waals surface area (Å²) in [6, 6.07) is 6.20. The molecule has 1 aliphatic rings. The van der Waals surface area contributed by atoms with E-state index in [9.17, 15) is 5.11 Å². The van der Waals surface area contributed by atoms with Crippen molar-refractivity contribution >= 4 is 27.2 Å². The van der Waals surface area contributed by atoms with Crippen molar-refractivity contribution in [1.29, 1.82) is 0 Å². The first kappa shape index (κ1) is 16.6. The van der Waals surface area contributed by atoms with Gasteiger partial charge in [-0.1, -0.05) is 0 Å². The largest absolute Gasteiger partial charge is 0.389 e. The van der Waals surface area contributed by atoms with Gasteiger partial charge in [0.2, 0.25) is 0 Å². The third-order valence-corrected chi connectivity index (χ3v) is 4.98. The summed E-state index contributed by atoms with van der Waals surface area (Å²) in [5, 5.41) is 11.2. The van der Waals surface area contributed by atoms with Gasteiger partial charge >= 0.3 is 0 Å². The molecule has 1 aromatic heterocycles. The van der Waals surface area contributed by atoms with Crippen LogP contribution in [-0.2, 0) is 9.47 Å². The second kappa shape index (κ2) is 7.57. The number of aliphatic hydroxyl groups is 1. The number of thiazole rings is 1. The van der Waals surface area contributed by atoms with Crippen LogP contribution < -0.4 is 4.90 Å².